The summed E-state index contributed by atoms with van der Waals surface area (Å²) in [4.78, 5) is 10.0. The molecule has 54 valence electrons. The smallest absolute Gasteiger partial charge is 0.379 e. The van der Waals surface area contributed by atoms with Gasteiger partial charge < -0.3 is 3.83 Å². The predicted octanol–water partition coefficient (Wildman–Crippen LogP) is 1.88. The maximum atomic E-state index is 12.0. The van der Waals surface area contributed by atoms with Crippen LogP contribution in [0.25, 0.3) is 0 Å². The average molecular weight is 203 g/mol. The Balaban J connectivity index is 3.97. The highest BCUT2D eigenvalue weighted by atomic mass is 79.9. The summed E-state index contributed by atoms with van der Waals surface area (Å²) in [5, 5.41) is 0. The standard InChI is InChI=1S/C4H5BrF2O2/c1-2-4(6,7)3(8)9-5/h2H2,1H3. The third-order valence-corrected chi connectivity index (χ3v) is 1.11. The fourth-order valence-corrected chi connectivity index (χ4v) is 0.438. The van der Waals surface area contributed by atoms with Crippen LogP contribution in [0.15, 0.2) is 0 Å². The average Bonchev–Trinajstić information content (AvgIpc) is 1.86. The second kappa shape index (κ2) is 3.10. The minimum absolute atomic E-state index is 0.544. The van der Waals surface area contributed by atoms with Crippen molar-refractivity contribution in [1.29, 1.82) is 0 Å². The highest BCUT2D eigenvalue weighted by Crippen LogP contribution is 2.20. The molecule has 0 aromatic heterocycles. The lowest BCUT2D eigenvalue weighted by atomic mass is 10.3. The molecular formula is C4H5BrF2O2. The first-order chi connectivity index (χ1) is 4.04. The van der Waals surface area contributed by atoms with Gasteiger partial charge in [-0.05, 0) is 0 Å². The maximum Gasteiger partial charge on any atom is 0.388 e. The molecule has 0 fully saturated rings. The second-order valence-corrected chi connectivity index (χ2v) is 1.75. The summed E-state index contributed by atoms with van der Waals surface area (Å²) >= 11 is 2.16. The van der Waals surface area contributed by atoms with Crippen molar-refractivity contribution in [2.75, 3.05) is 0 Å². The van der Waals surface area contributed by atoms with Gasteiger partial charge in [-0.25, -0.2) is 4.79 Å². The number of alkyl halides is 2. The van der Waals surface area contributed by atoms with Gasteiger partial charge in [0.2, 0.25) is 0 Å². The van der Waals surface area contributed by atoms with Crippen LogP contribution in [0, 0.1) is 0 Å². The normalized spacial score (nSPS) is 11.1. The summed E-state index contributed by atoms with van der Waals surface area (Å²) in [6, 6.07) is 0. The van der Waals surface area contributed by atoms with Crippen molar-refractivity contribution < 1.29 is 17.4 Å². The number of halogens is 3. The molecule has 0 aromatic rings. The van der Waals surface area contributed by atoms with E-state index >= 15 is 0 Å². The molecule has 5 heteroatoms. The zero-order valence-electron chi connectivity index (χ0n) is 4.66. The number of carbonyl (C=O) groups is 1. The molecule has 0 amide bonds. The largest absolute Gasteiger partial charge is 0.388 e. The van der Waals surface area contributed by atoms with Crippen molar-refractivity contribution in [2.45, 2.75) is 19.3 Å². The van der Waals surface area contributed by atoms with Crippen LogP contribution in [0.4, 0.5) is 8.78 Å². The zero-order chi connectivity index (χ0) is 7.49. The van der Waals surface area contributed by atoms with Gasteiger partial charge in [0.15, 0.2) is 16.3 Å². The Kier molecular flexibility index (Phi) is 3.03. The third-order valence-electron chi connectivity index (χ3n) is 0.813. The Morgan fingerprint density at radius 2 is 2.22 bits per heavy atom. The molecule has 2 nitrogen and oxygen atoms in total. The van der Waals surface area contributed by atoms with Crippen molar-refractivity contribution in [3.63, 3.8) is 0 Å². The van der Waals surface area contributed by atoms with Crippen molar-refractivity contribution in [3.8, 4) is 0 Å². The van der Waals surface area contributed by atoms with E-state index in [2.05, 4.69) is 20.1 Å². The first kappa shape index (κ1) is 8.81. The Morgan fingerprint density at radius 1 is 1.78 bits per heavy atom. The summed E-state index contributed by atoms with van der Waals surface area (Å²) in [5.41, 5.74) is 0. The number of hydrogen-bond acceptors (Lipinski definition) is 2. The van der Waals surface area contributed by atoms with Gasteiger partial charge in [-0.1, -0.05) is 6.92 Å². The van der Waals surface area contributed by atoms with Gasteiger partial charge >= 0.3 is 11.9 Å². The van der Waals surface area contributed by atoms with Gasteiger partial charge in [0, 0.05) is 6.42 Å². The Labute approximate surface area is 59.6 Å². The Bertz CT molecular complexity index is 115. The van der Waals surface area contributed by atoms with Gasteiger partial charge in [0.1, 0.15) is 0 Å². The van der Waals surface area contributed by atoms with Crippen LogP contribution >= 0.6 is 16.3 Å². The molecule has 0 bridgehead atoms. The lowest BCUT2D eigenvalue weighted by molar-refractivity contribution is -0.159. The molecule has 0 heterocycles. The van der Waals surface area contributed by atoms with Gasteiger partial charge in [-0.3, -0.25) is 0 Å². The first-order valence-electron chi connectivity index (χ1n) is 2.25. The topological polar surface area (TPSA) is 26.3 Å². The van der Waals surface area contributed by atoms with Crippen LogP contribution in [0.3, 0.4) is 0 Å². The van der Waals surface area contributed by atoms with Crippen LogP contribution in [-0.4, -0.2) is 11.9 Å². The van der Waals surface area contributed by atoms with Crippen LogP contribution in [0.2, 0.25) is 0 Å². The van der Waals surface area contributed by atoms with Crippen molar-refractivity contribution >= 4 is 22.2 Å². The molecule has 0 aliphatic carbocycles. The molecule has 0 unspecified atom stereocenters. The summed E-state index contributed by atoms with van der Waals surface area (Å²) in [5.74, 6) is -4.91. The van der Waals surface area contributed by atoms with E-state index in [1.165, 1.54) is 6.92 Å². The Morgan fingerprint density at radius 3 is 2.33 bits per heavy atom. The molecule has 0 saturated heterocycles. The molecular weight excluding hydrogens is 198 g/mol. The molecule has 0 radical (unpaired) electrons. The fourth-order valence-electron chi connectivity index (χ4n) is 0.201. The van der Waals surface area contributed by atoms with Gasteiger partial charge in [0.05, 0.1) is 0 Å². The summed E-state index contributed by atoms with van der Waals surface area (Å²) < 4.78 is 27.7. The first-order valence-corrected chi connectivity index (χ1v) is 2.90. The van der Waals surface area contributed by atoms with E-state index in [4.69, 9.17) is 0 Å². The highest BCUT2D eigenvalue weighted by Gasteiger charge is 2.38. The molecule has 0 rings (SSSR count). The van der Waals surface area contributed by atoms with E-state index in [0.717, 1.165) is 0 Å². The number of rotatable bonds is 2. The summed E-state index contributed by atoms with van der Waals surface area (Å²) in [6.07, 6.45) is -0.544. The minimum atomic E-state index is -3.36. The lowest BCUT2D eigenvalue weighted by Gasteiger charge is -2.07. The lowest BCUT2D eigenvalue weighted by Crippen LogP contribution is -2.27. The second-order valence-electron chi connectivity index (χ2n) is 1.42. The SMILES string of the molecule is CCC(F)(F)C(=O)OBr. The van der Waals surface area contributed by atoms with E-state index in [9.17, 15) is 13.6 Å². The van der Waals surface area contributed by atoms with E-state index in [0.29, 0.717) is 0 Å². The predicted molar refractivity (Wildman–Crippen MR) is 30.3 cm³/mol. The molecule has 0 spiro atoms. The molecule has 0 aliphatic rings. The molecule has 0 N–H and O–H groups in total. The molecule has 0 atom stereocenters. The number of hydrogen-bond donors (Lipinski definition) is 0. The highest BCUT2D eigenvalue weighted by molar-refractivity contribution is 9.06. The van der Waals surface area contributed by atoms with Crippen LogP contribution in [0.5, 0.6) is 0 Å². The molecule has 0 aromatic carbocycles. The number of carbonyl (C=O) groups excluding carboxylic acids is 1. The van der Waals surface area contributed by atoms with Crippen LogP contribution in [0.1, 0.15) is 13.3 Å². The van der Waals surface area contributed by atoms with Crippen LogP contribution < -0.4 is 0 Å². The van der Waals surface area contributed by atoms with E-state index in [1.54, 1.807) is 0 Å². The molecule has 9 heavy (non-hydrogen) atoms. The third kappa shape index (κ3) is 2.26. The van der Waals surface area contributed by atoms with Crippen molar-refractivity contribution in [1.82, 2.24) is 0 Å². The van der Waals surface area contributed by atoms with Crippen molar-refractivity contribution in [3.05, 3.63) is 0 Å². The van der Waals surface area contributed by atoms with Crippen molar-refractivity contribution in [2.24, 2.45) is 0 Å². The monoisotopic (exact) mass is 202 g/mol. The summed E-state index contributed by atoms with van der Waals surface area (Å²) in [7, 11) is 0. The van der Waals surface area contributed by atoms with E-state index in [1.807, 2.05) is 0 Å². The van der Waals surface area contributed by atoms with Gasteiger partial charge in [-0.2, -0.15) is 8.78 Å². The minimum Gasteiger partial charge on any atom is -0.379 e. The van der Waals surface area contributed by atoms with E-state index < -0.39 is 18.3 Å². The molecule has 0 saturated carbocycles. The summed E-state index contributed by atoms with van der Waals surface area (Å²) in [6.45, 7) is 1.20. The fraction of sp³-hybridized carbons (Fsp3) is 0.750. The molecule has 0 aliphatic heterocycles. The van der Waals surface area contributed by atoms with E-state index in [-0.39, 0.29) is 0 Å². The van der Waals surface area contributed by atoms with Gasteiger partial charge in [0.25, 0.3) is 0 Å². The van der Waals surface area contributed by atoms with Crippen LogP contribution in [-0.2, 0) is 8.62 Å². The maximum absolute atomic E-state index is 12.0. The van der Waals surface area contributed by atoms with Gasteiger partial charge in [-0.15, -0.1) is 0 Å². The zero-order valence-corrected chi connectivity index (χ0v) is 6.24. The quantitative estimate of drug-likeness (QED) is 0.684. The Hall–Kier alpha value is -0.190.